The van der Waals surface area contributed by atoms with Crippen molar-refractivity contribution in [3.63, 3.8) is 0 Å². The van der Waals surface area contributed by atoms with Crippen molar-refractivity contribution in [3.05, 3.63) is 23.7 Å². The fourth-order valence-electron chi connectivity index (χ4n) is 1.84. The van der Waals surface area contributed by atoms with Gasteiger partial charge in [0, 0.05) is 37.0 Å². The molecule has 0 unspecified atom stereocenters. The molecule has 1 aromatic rings. The van der Waals surface area contributed by atoms with Crippen molar-refractivity contribution < 1.29 is 0 Å². The van der Waals surface area contributed by atoms with Gasteiger partial charge in [-0.3, -0.25) is 4.99 Å². The van der Waals surface area contributed by atoms with Crippen molar-refractivity contribution in [1.29, 1.82) is 0 Å². The van der Waals surface area contributed by atoms with E-state index in [1.165, 1.54) is 0 Å². The summed E-state index contributed by atoms with van der Waals surface area (Å²) >= 11 is 3.52. The second-order valence-corrected chi connectivity index (χ2v) is 6.52. The maximum Gasteiger partial charge on any atom is 0.191 e. The molecule has 2 rings (SSSR count). The second-order valence-electron chi connectivity index (χ2n) is 4.28. The van der Waals surface area contributed by atoms with Crippen molar-refractivity contribution in [2.24, 2.45) is 4.99 Å². The molecular formula is C13H20N4S2. The summed E-state index contributed by atoms with van der Waals surface area (Å²) in [6.07, 6.45) is 9.59. The molecule has 0 amide bonds. The number of nitrogens with zero attached hydrogens (tertiary/aromatic N) is 2. The molecule has 0 fully saturated rings. The standard InChI is InChI=1S/C13H20N4S2/c1-14-12(17-11-5-2-3-6-11)15-7-4-9-18-13-16-8-10-19-13/h2-3,8,10-11H,4-7,9H2,1H3,(H2,14,15,17). The Hall–Kier alpha value is -1.01. The van der Waals surface area contributed by atoms with Crippen LogP contribution in [0.25, 0.3) is 0 Å². The number of rotatable bonds is 6. The number of thioether (sulfide) groups is 1. The predicted molar refractivity (Wildman–Crippen MR) is 84.1 cm³/mol. The molecule has 0 saturated heterocycles. The lowest BCUT2D eigenvalue weighted by atomic mass is 10.2. The van der Waals surface area contributed by atoms with Crippen LogP contribution in [0.1, 0.15) is 19.3 Å². The Kier molecular flexibility index (Phi) is 6.23. The highest BCUT2D eigenvalue weighted by atomic mass is 32.2. The number of hydrogen-bond donors (Lipinski definition) is 2. The number of guanidine groups is 1. The topological polar surface area (TPSA) is 49.3 Å². The summed E-state index contributed by atoms with van der Waals surface area (Å²) in [7, 11) is 1.82. The zero-order chi connectivity index (χ0) is 13.3. The molecule has 0 saturated carbocycles. The van der Waals surface area contributed by atoms with E-state index < -0.39 is 0 Å². The Balaban J connectivity index is 1.55. The first-order valence-corrected chi connectivity index (χ1v) is 8.39. The van der Waals surface area contributed by atoms with Crippen LogP contribution in [0.2, 0.25) is 0 Å². The van der Waals surface area contributed by atoms with Crippen molar-refractivity contribution in [3.8, 4) is 0 Å². The van der Waals surface area contributed by atoms with Gasteiger partial charge in [-0.2, -0.15) is 0 Å². The molecule has 6 heteroatoms. The molecule has 104 valence electrons. The van der Waals surface area contributed by atoms with Crippen molar-refractivity contribution >= 4 is 29.1 Å². The van der Waals surface area contributed by atoms with Gasteiger partial charge in [-0.15, -0.1) is 11.3 Å². The quantitative estimate of drug-likeness (QED) is 0.278. The van der Waals surface area contributed by atoms with E-state index in [0.29, 0.717) is 6.04 Å². The van der Waals surface area contributed by atoms with Gasteiger partial charge in [0.2, 0.25) is 0 Å². The molecule has 0 aromatic carbocycles. The third kappa shape index (κ3) is 5.24. The SMILES string of the molecule is CN=C(NCCCSc1nccs1)NC1CC=CC1. The van der Waals surface area contributed by atoms with E-state index in [-0.39, 0.29) is 0 Å². The van der Waals surface area contributed by atoms with Gasteiger partial charge >= 0.3 is 0 Å². The van der Waals surface area contributed by atoms with Crippen LogP contribution < -0.4 is 10.6 Å². The molecule has 0 aliphatic heterocycles. The highest BCUT2D eigenvalue weighted by molar-refractivity contribution is 8.00. The Bertz CT molecular complexity index is 406. The lowest BCUT2D eigenvalue weighted by Crippen LogP contribution is -2.42. The molecule has 4 nitrogen and oxygen atoms in total. The fraction of sp³-hybridized carbons (Fsp3) is 0.538. The van der Waals surface area contributed by atoms with Crippen molar-refractivity contribution in [2.45, 2.75) is 29.6 Å². The van der Waals surface area contributed by atoms with Gasteiger partial charge in [-0.05, 0) is 19.3 Å². The maximum absolute atomic E-state index is 4.25. The van der Waals surface area contributed by atoms with Gasteiger partial charge < -0.3 is 10.6 Å². The Morgan fingerprint density at radius 2 is 2.37 bits per heavy atom. The Morgan fingerprint density at radius 3 is 3.05 bits per heavy atom. The van der Waals surface area contributed by atoms with Crippen LogP contribution in [0, 0.1) is 0 Å². The van der Waals surface area contributed by atoms with Crippen LogP contribution >= 0.6 is 23.1 Å². The van der Waals surface area contributed by atoms with Gasteiger partial charge in [0.05, 0.1) is 0 Å². The van der Waals surface area contributed by atoms with Crippen molar-refractivity contribution in [1.82, 2.24) is 15.6 Å². The van der Waals surface area contributed by atoms with E-state index in [4.69, 9.17) is 0 Å². The van der Waals surface area contributed by atoms with Gasteiger partial charge in [-0.1, -0.05) is 23.9 Å². The third-order valence-electron chi connectivity index (χ3n) is 2.82. The molecule has 1 aliphatic carbocycles. The number of aromatic nitrogens is 1. The summed E-state index contributed by atoms with van der Waals surface area (Å²) in [6.45, 7) is 0.943. The monoisotopic (exact) mass is 296 g/mol. The van der Waals surface area contributed by atoms with Gasteiger partial charge in [0.1, 0.15) is 4.34 Å². The van der Waals surface area contributed by atoms with Gasteiger partial charge in [0.25, 0.3) is 0 Å². The van der Waals surface area contributed by atoms with E-state index in [1.54, 1.807) is 11.3 Å². The molecule has 19 heavy (non-hydrogen) atoms. The van der Waals surface area contributed by atoms with Crippen LogP contribution in [0.4, 0.5) is 0 Å². The maximum atomic E-state index is 4.25. The summed E-state index contributed by atoms with van der Waals surface area (Å²) in [5.41, 5.74) is 0. The van der Waals surface area contributed by atoms with Crippen LogP contribution in [-0.2, 0) is 0 Å². The van der Waals surface area contributed by atoms with Gasteiger partial charge in [-0.25, -0.2) is 4.98 Å². The zero-order valence-electron chi connectivity index (χ0n) is 11.1. The normalized spacial score (nSPS) is 15.9. The van der Waals surface area contributed by atoms with Crippen LogP contribution in [0.15, 0.2) is 33.1 Å². The first-order valence-electron chi connectivity index (χ1n) is 6.53. The lowest BCUT2D eigenvalue weighted by Gasteiger charge is -2.16. The molecule has 1 aromatic heterocycles. The lowest BCUT2D eigenvalue weighted by molar-refractivity contribution is 0.632. The van der Waals surface area contributed by atoms with E-state index >= 15 is 0 Å². The Labute approximate surface area is 122 Å². The first kappa shape index (κ1) is 14.4. The summed E-state index contributed by atoms with van der Waals surface area (Å²) in [5, 5.41) is 8.80. The molecule has 2 N–H and O–H groups in total. The fourth-order valence-corrected chi connectivity index (χ4v) is 3.49. The van der Waals surface area contributed by atoms with Crippen LogP contribution in [0.3, 0.4) is 0 Å². The minimum absolute atomic E-state index is 0.510. The average molecular weight is 296 g/mol. The van der Waals surface area contributed by atoms with Crippen molar-refractivity contribution in [2.75, 3.05) is 19.3 Å². The van der Waals surface area contributed by atoms with Gasteiger partial charge in [0.15, 0.2) is 5.96 Å². The molecular weight excluding hydrogens is 276 g/mol. The predicted octanol–water partition coefficient (Wildman–Crippen LogP) is 2.51. The molecule has 0 bridgehead atoms. The summed E-state index contributed by atoms with van der Waals surface area (Å²) in [5.74, 6) is 2.00. The molecule has 0 radical (unpaired) electrons. The van der Waals surface area contributed by atoms with E-state index in [1.807, 2.05) is 30.4 Å². The Morgan fingerprint density at radius 1 is 1.53 bits per heavy atom. The highest BCUT2D eigenvalue weighted by Gasteiger charge is 2.10. The minimum Gasteiger partial charge on any atom is -0.356 e. The zero-order valence-corrected chi connectivity index (χ0v) is 12.8. The number of nitrogens with one attached hydrogen (secondary N) is 2. The summed E-state index contributed by atoms with van der Waals surface area (Å²) in [4.78, 5) is 8.50. The van der Waals surface area contributed by atoms with Crippen LogP contribution in [0.5, 0.6) is 0 Å². The number of aliphatic imine (C=N–C) groups is 1. The second kappa shape index (κ2) is 8.22. The minimum atomic E-state index is 0.510. The molecule has 1 heterocycles. The average Bonchev–Trinajstić information content (AvgIpc) is 3.10. The number of thiazole rings is 1. The first-order chi connectivity index (χ1) is 9.38. The van der Waals surface area contributed by atoms with E-state index in [0.717, 1.165) is 41.9 Å². The smallest absolute Gasteiger partial charge is 0.191 e. The number of hydrogen-bond acceptors (Lipinski definition) is 4. The third-order valence-corrected chi connectivity index (χ3v) is 4.87. The molecule has 0 atom stereocenters. The van der Waals surface area contributed by atoms with E-state index in [9.17, 15) is 0 Å². The molecule has 0 spiro atoms. The molecule has 1 aliphatic rings. The van der Waals surface area contributed by atoms with E-state index in [2.05, 4.69) is 32.8 Å². The highest BCUT2D eigenvalue weighted by Crippen LogP contribution is 2.20. The summed E-state index contributed by atoms with van der Waals surface area (Å²) < 4.78 is 1.15. The largest absolute Gasteiger partial charge is 0.356 e. The summed E-state index contributed by atoms with van der Waals surface area (Å²) in [6, 6.07) is 0.510. The van der Waals surface area contributed by atoms with Crippen LogP contribution in [-0.4, -0.2) is 36.3 Å².